The van der Waals surface area contributed by atoms with E-state index in [-0.39, 0.29) is 0 Å². The third kappa shape index (κ3) is 4.68. The molecule has 112 valence electrons. The first-order valence-corrected chi connectivity index (χ1v) is 7.81. The number of aromatic nitrogens is 1. The van der Waals surface area contributed by atoms with Crippen molar-refractivity contribution in [2.45, 2.75) is 46.2 Å². The van der Waals surface area contributed by atoms with Gasteiger partial charge in [0.25, 0.3) is 0 Å². The van der Waals surface area contributed by atoms with Crippen molar-refractivity contribution in [1.82, 2.24) is 10.3 Å². The van der Waals surface area contributed by atoms with Crippen molar-refractivity contribution in [2.24, 2.45) is 5.92 Å². The molecule has 0 aliphatic carbocycles. The van der Waals surface area contributed by atoms with Gasteiger partial charge in [-0.05, 0) is 55.0 Å². The molecule has 1 aromatic heterocycles. The SMILES string of the molecule is CC(C)Cc1ccc(C(C)N[C@@H](C)c2ccncc2)cc1. The van der Waals surface area contributed by atoms with E-state index in [2.05, 4.69) is 74.4 Å². The van der Waals surface area contributed by atoms with Crippen LogP contribution in [0.3, 0.4) is 0 Å². The Hall–Kier alpha value is -1.67. The topological polar surface area (TPSA) is 24.9 Å². The number of pyridine rings is 1. The van der Waals surface area contributed by atoms with Gasteiger partial charge in [0.1, 0.15) is 0 Å². The van der Waals surface area contributed by atoms with Crippen LogP contribution >= 0.6 is 0 Å². The molecule has 21 heavy (non-hydrogen) atoms. The summed E-state index contributed by atoms with van der Waals surface area (Å²) < 4.78 is 0. The van der Waals surface area contributed by atoms with Crippen LogP contribution in [0.4, 0.5) is 0 Å². The van der Waals surface area contributed by atoms with E-state index in [9.17, 15) is 0 Å². The summed E-state index contributed by atoms with van der Waals surface area (Å²) in [5.41, 5.74) is 4.03. The van der Waals surface area contributed by atoms with Crippen molar-refractivity contribution < 1.29 is 0 Å². The highest BCUT2D eigenvalue weighted by Gasteiger charge is 2.11. The minimum atomic E-state index is 0.318. The fourth-order valence-corrected chi connectivity index (χ4v) is 2.63. The standard InChI is InChI=1S/C19H26N2/c1-14(2)13-17-5-7-18(8-6-17)15(3)21-16(4)19-9-11-20-12-10-19/h5-12,14-16,21H,13H2,1-4H3/t15?,16-/m0/s1. The summed E-state index contributed by atoms with van der Waals surface area (Å²) >= 11 is 0. The summed E-state index contributed by atoms with van der Waals surface area (Å²) in [5, 5.41) is 3.64. The summed E-state index contributed by atoms with van der Waals surface area (Å²) in [6.45, 7) is 8.93. The molecular weight excluding hydrogens is 256 g/mol. The molecule has 2 aromatic rings. The third-order valence-electron chi connectivity index (χ3n) is 3.83. The number of nitrogens with zero attached hydrogens (tertiary/aromatic N) is 1. The first-order chi connectivity index (χ1) is 10.1. The van der Waals surface area contributed by atoms with Gasteiger partial charge in [-0.25, -0.2) is 0 Å². The monoisotopic (exact) mass is 282 g/mol. The normalized spacial score (nSPS) is 14.1. The van der Waals surface area contributed by atoms with Crippen LogP contribution in [0.25, 0.3) is 0 Å². The van der Waals surface area contributed by atoms with E-state index in [0.29, 0.717) is 18.0 Å². The predicted octanol–water partition coefficient (Wildman–Crippen LogP) is 4.69. The largest absolute Gasteiger partial charge is 0.304 e. The fraction of sp³-hybridized carbons (Fsp3) is 0.421. The second kappa shape index (κ2) is 7.37. The van der Waals surface area contributed by atoms with Gasteiger partial charge in [-0.15, -0.1) is 0 Å². The van der Waals surface area contributed by atoms with Crippen LogP contribution in [0.15, 0.2) is 48.8 Å². The van der Waals surface area contributed by atoms with Crippen molar-refractivity contribution in [1.29, 1.82) is 0 Å². The lowest BCUT2D eigenvalue weighted by Crippen LogP contribution is -2.22. The van der Waals surface area contributed by atoms with E-state index in [1.54, 1.807) is 0 Å². The molecule has 1 N–H and O–H groups in total. The summed E-state index contributed by atoms with van der Waals surface area (Å²) in [6.07, 6.45) is 4.84. The van der Waals surface area contributed by atoms with Gasteiger partial charge in [0.15, 0.2) is 0 Å². The smallest absolute Gasteiger partial charge is 0.0298 e. The van der Waals surface area contributed by atoms with Crippen molar-refractivity contribution in [3.8, 4) is 0 Å². The lowest BCUT2D eigenvalue weighted by molar-refractivity contribution is 0.494. The van der Waals surface area contributed by atoms with Crippen LogP contribution in [-0.4, -0.2) is 4.98 Å². The highest BCUT2D eigenvalue weighted by atomic mass is 14.9. The zero-order valence-electron chi connectivity index (χ0n) is 13.5. The van der Waals surface area contributed by atoms with Crippen molar-refractivity contribution >= 4 is 0 Å². The van der Waals surface area contributed by atoms with Crippen LogP contribution in [-0.2, 0) is 6.42 Å². The lowest BCUT2D eigenvalue weighted by Gasteiger charge is -2.21. The second-order valence-corrected chi connectivity index (χ2v) is 6.23. The highest BCUT2D eigenvalue weighted by Crippen LogP contribution is 2.20. The van der Waals surface area contributed by atoms with Gasteiger partial charge in [-0.3, -0.25) is 4.98 Å². The molecule has 0 saturated carbocycles. The molecule has 1 aromatic carbocycles. The van der Waals surface area contributed by atoms with Gasteiger partial charge in [0, 0.05) is 24.5 Å². The highest BCUT2D eigenvalue weighted by molar-refractivity contribution is 5.25. The lowest BCUT2D eigenvalue weighted by atomic mass is 9.99. The molecule has 0 saturated heterocycles. The molecule has 0 bridgehead atoms. The summed E-state index contributed by atoms with van der Waals surface area (Å²) in [6, 6.07) is 13.8. The average Bonchev–Trinajstić information content (AvgIpc) is 2.48. The van der Waals surface area contributed by atoms with E-state index >= 15 is 0 Å². The van der Waals surface area contributed by atoms with Crippen molar-refractivity contribution in [3.63, 3.8) is 0 Å². The van der Waals surface area contributed by atoms with Gasteiger partial charge < -0.3 is 5.32 Å². The Balaban J connectivity index is 1.98. The molecule has 1 heterocycles. The number of nitrogens with one attached hydrogen (secondary N) is 1. The maximum atomic E-state index is 4.07. The van der Waals surface area contributed by atoms with Crippen LogP contribution in [0.1, 0.15) is 56.5 Å². The summed E-state index contributed by atoms with van der Waals surface area (Å²) in [5.74, 6) is 0.707. The quantitative estimate of drug-likeness (QED) is 0.831. The van der Waals surface area contributed by atoms with E-state index in [1.165, 1.54) is 16.7 Å². The van der Waals surface area contributed by atoms with Crippen LogP contribution < -0.4 is 5.32 Å². The van der Waals surface area contributed by atoms with E-state index in [1.807, 2.05) is 12.4 Å². The Morgan fingerprint density at radius 3 is 1.86 bits per heavy atom. The van der Waals surface area contributed by atoms with E-state index in [4.69, 9.17) is 0 Å². The predicted molar refractivity (Wildman–Crippen MR) is 89.2 cm³/mol. The molecule has 0 radical (unpaired) electrons. The van der Waals surface area contributed by atoms with Gasteiger partial charge in [-0.1, -0.05) is 38.1 Å². The molecule has 0 aliphatic heterocycles. The number of hydrogen-bond donors (Lipinski definition) is 1. The fourth-order valence-electron chi connectivity index (χ4n) is 2.63. The average molecular weight is 282 g/mol. The molecular formula is C19H26N2. The van der Waals surface area contributed by atoms with Gasteiger partial charge >= 0.3 is 0 Å². The van der Waals surface area contributed by atoms with Crippen LogP contribution in [0.5, 0.6) is 0 Å². The second-order valence-electron chi connectivity index (χ2n) is 6.23. The molecule has 2 atom stereocenters. The summed E-state index contributed by atoms with van der Waals surface area (Å²) in [7, 11) is 0. The van der Waals surface area contributed by atoms with Crippen LogP contribution in [0.2, 0.25) is 0 Å². The molecule has 1 unspecified atom stereocenters. The zero-order valence-corrected chi connectivity index (χ0v) is 13.5. The molecule has 0 amide bonds. The van der Waals surface area contributed by atoms with E-state index in [0.717, 1.165) is 6.42 Å². The zero-order chi connectivity index (χ0) is 15.2. The Labute approximate surface area is 128 Å². The number of rotatable bonds is 6. The number of benzene rings is 1. The first-order valence-electron chi connectivity index (χ1n) is 7.81. The van der Waals surface area contributed by atoms with Gasteiger partial charge in [0.05, 0.1) is 0 Å². The molecule has 2 heteroatoms. The van der Waals surface area contributed by atoms with E-state index < -0.39 is 0 Å². The molecule has 0 aliphatic rings. The molecule has 2 rings (SSSR count). The van der Waals surface area contributed by atoms with Crippen molar-refractivity contribution in [2.75, 3.05) is 0 Å². The summed E-state index contributed by atoms with van der Waals surface area (Å²) in [4.78, 5) is 4.07. The molecule has 2 nitrogen and oxygen atoms in total. The Kier molecular flexibility index (Phi) is 5.51. The molecule has 0 spiro atoms. The minimum absolute atomic E-state index is 0.318. The molecule has 0 fully saturated rings. The minimum Gasteiger partial charge on any atom is -0.304 e. The Morgan fingerprint density at radius 1 is 0.810 bits per heavy atom. The van der Waals surface area contributed by atoms with Crippen LogP contribution in [0, 0.1) is 5.92 Å². The Morgan fingerprint density at radius 2 is 1.33 bits per heavy atom. The number of hydrogen-bond acceptors (Lipinski definition) is 2. The first kappa shape index (κ1) is 15.7. The van der Waals surface area contributed by atoms with Gasteiger partial charge in [-0.2, -0.15) is 0 Å². The maximum absolute atomic E-state index is 4.07. The maximum Gasteiger partial charge on any atom is 0.0298 e. The Bertz CT molecular complexity index is 531. The van der Waals surface area contributed by atoms with Crippen molar-refractivity contribution in [3.05, 3.63) is 65.5 Å². The third-order valence-corrected chi connectivity index (χ3v) is 3.83. The van der Waals surface area contributed by atoms with Gasteiger partial charge in [0.2, 0.25) is 0 Å².